The van der Waals surface area contributed by atoms with Crippen LogP contribution in [0.4, 0.5) is 0 Å². The summed E-state index contributed by atoms with van der Waals surface area (Å²) in [6, 6.07) is 34.3. The molecule has 0 amide bonds. The van der Waals surface area contributed by atoms with Crippen LogP contribution >= 0.6 is 0 Å². The van der Waals surface area contributed by atoms with Crippen LogP contribution in [0.2, 0.25) is 0 Å². The molecule has 1 saturated carbocycles. The third-order valence-electron chi connectivity index (χ3n) is 7.05. The first-order chi connectivity index (χ1) is 13.8. The highest BCUT2D eigenvalue weighted by molar-refractivity contribution is 5.60. The van der Waals surface area contributed by atoms with Gasteiger partial charge in [-0.1, -0.05) is 84.9 Å². The Morgan fingerprint density at radius 2 is 0.929 bits per heavy atom. The molecule has 0 unspecified atom stereocenters. The Morgan fingerprint density at radius 3 is 1.29 bits per heavy atom. The lowest BCUT2D eigenvalue weighted by Crippen LogP contribution is -2.59. The maximum absolute atomic E-state index is 10.3. The van der Waals surface area contributed by atoms with Crippen molar-refractivity contribution in [1.82, 2.24) is 0 Å². The van der Waals surface area contributed by atoms with E-state index in [9.17, 15) is 10.5 Å². The number of nitrogens with zero attached hydrogens (tertiary/aromatic N) is 2. The topological polar surface area (TPSA) is 47.6 Å². The van der Waals surface area contributed by atoms with Crippen LogP contribution in [-0.2, 0) is 10.8 Å². The molecule has 3 aliphatic rings. The number of benzene rings is 3. The fourth-order valence-corrected chi connectivity index (χ4v) is 5.94. The van der Waals surface area contributed by atoms with Crippen molar-refractivity contribution in [3.05, 3.63) is 107 Å². The second-order valence-corrected chi connectivity index (χ2v) is 7.93. The summed E-state index contributed by atoms with van der Waals surface area (Å²) in [5.74, 6) is -0.771. The van der Waals surface area contributed by atoms with Crippen molar-refractivity contribution in [2.45, 2.75) is 23.7 Å². The van der Waals surface area contributed by atoms with E-state index < -0.39 is 10.8 Å². The highest BCUT2D eigenvalue weighted by Crippen LogP contribution is 2.65. The average Bonchev–Trinajstić information content (AvgIpc) is 2.79. The van der Waals surface area contributed by atoms with E-state index in [4.69, 9.17) is 0 Å². The molecule has 2 heteroatoms. The van der Waals surface area contributed by atoms with Crippen LogP contribution in [0.3, 0.4) is 0 Å². The van der Waals surface area contributed by atoms with E-state index in [2.05, 4.69) is 60.7 Å². The van der Waals surface area contributed by atoms with Gasteiger partial charge in [0.05, 0.1) is 24.0 Å². The molecule has 0 spiro atoms. The van der Waals surface area contributed by atoms with Crippen molar-refractivity contribution in [3.8, 4) is 12.1 Å². The zero-order valence-electron chi connectivity index (χ0n) is 15.5. The molecule has 2 bridgehead atoms. The molecule has 2 nitrogen and oxygen atoms in total. The molecule has 0 saturated heterocycles. The third-order valence-corrected chi connectivity index (χ3v) is 7.05. The van der Waals surface area contributed by atoms with Crippen LogP contribution in [0.1, 0.15) is 35.1 Å². The predicted molar refractivity (Wildman–Crippen MR) is 108 cm³/mol. The van der Waals surface area contributed by atoms with Crippen molar-refractivity contribution < 1.29 is 0 Å². The van der Waals surface area contributed by atoms with E-state index in [1.165, 1.54) is 11.1 Å². The van der Waals surface area contributed by atoms with Crippen molar-refractivity contribution in [2.24, 2.45) is 11.8 Å². The molecule has 0 heterocycles. The van der Waals surface area contributed by atoms with Crippen LogP contribution < -0.4 is 0 Å². The van der Waals surface area contributed by atoms with Gasteiger partial charge in [0.15, 0.2) is 0 Å². The lowest BCUT2D eigenvalue weighted by atomic mass is 9.40. The summed E-state index contributed by atoms with van der Waals surface area (Å²) in [5, 5.41) is 20.7. The fraction of sp³-hybridized carbons (Fsp3) is 0.231. The van der Waals surface area contributed by atoms with E-state index in [0.717, 1.165) is 24.0 Å². The number of hydrogen-bond acceptors (Lipinski definition) is 2. The molecule has 0 radical (unpaired) electrons. The average molecular weight is 360 g/mol. The standard InChI is InChI=1S/C26H20N2/c27-17-23-24(18-28)26(20-11-5-2-6-12-20)16-15-25(23,19-9-3-1-4-10-19)21-13-7-8-14-22(21)26/h1-14,23-24H,15-16H2/t23-,24-,25-,26+/m0/s1. The minimum Gasteiger partial charge on any atom is -0.198 e. The van der Waals surface area contributed by atoms with Gasteiger partial charge in [0.2, 0.25) is 0 Å². The molecule has 134 valence electrons. The molecule has 28 heavy (non-hydrogen) atoms. The fourth-order valence-electron chi connectivity index (χ4n) is 5.94. The quantitative estimate of drug-likeness (QED) is 0.619. The molecular weight excluding hydrogens is 340 g/mol. The maximum Gasteiger partial charge on any atom is 0.0770 e. The normalized spacial score (nSPS) is 30.1. The molecule has 3 aromatic rings. The lowest BCUT2D eigenvalue weighted by Gasteiger charge is -2.59. The van der Waals surface area contributed by atoms with E-state index in [-0.39, 0.29) is 11.8 Å². The molecule has 0 aliphatic heterocycles. The summed E-state index contributed by atoms with van der Waals surface area (Å²) in [7, 11) is 0. The van der Waals surface area contributed by atoms with Crippen LogP contribution in [0.15, 0.2) is 84.9 Å². The Bertz CT molecular complexity index is 1020. The van der Waals surface area contributed by atoms with E-state index in [1.807, 2.05) is 36.4 Å². The summed E-state index contributed by atoms with van der Waals surface area (Å²) < 4.78 is 0. The van der Waals surface area contributed by atoms with Crippen molar-refractivity contribution in [3.63, 3.8) is 0 Å². The second kappa shape index (κ2) is 6.08. The minimum absolute atomic E-state index is 0.385. The van der Waals surface area contributed by atoms with E-state index in [0.29, 0.717) is 0 Å². The Labute approximate surface area is 165 Å². The molecule has 3 aliphatic carbocycles. The van der Waals surface area contributed by atoms with Gasteiger partial charge in [0, 0.05) is 10.8 Å². The number of fused-ring (bicyclic) bond motifs is 2. The smallest absolute Gasteiger partial charge is 0.0770 e. The van der Waals surface area contributed by atoms with Crippen LogP contribution in [0.25, 0.3) is 0 Å². The summed E-state index contributed by atoms with van der Waals surface area (Å²) in [5.41, 5.74) is 3.88. The summed E-state index contributed by atoms with van der Waals surface area (Å²) in [6.07, 6.45) is 1.75. The Hall–Kier alpha value is -3.36. The number of nitriles is 2. The monoisotopic (exact) mass is 360 g/mol. The Morgan fingerprint density at radius 1 is 0.571 bits per heavy atom. The molecule has 0 aromatic heterocycles. The van der Waals surface area contributed by atoms with Gasteiger partial charge in [0.1, 0.15) is 0 Å². The largest absolute Gasteiger partial charge is 0.198 e. The van der Waals surface area contributed by atoms with E-state index >= 15 is 0 Å². The second-order valence-electron chi connectivity index (χ2n) is 7.93. The summed E-state index contributed by atoms with van der Waals surface area (Å²) in [6.45, 7) is 0. The summed E-state index contributed by atoms with van der Waals surface area (Å²) >= 11 is 0. The first-order valence-electron chi connectivity index (χ1n) is 9.79. The van der Waals surface area contributed by atoms with Gasteiger partial charge in [-0.15, -0.1) is 0 Å². The Kier molecular flexibility index (Phi) is 3.65. The zero-order valence-corrected chi connectivity index (χ0v) is 15.5. The molecule has 6 rings (SSSR count). The highest BCUT2D eigenvalue weighted by atomic mass is 14.7. The zero-order chi connectivity index (χ0) is 19.2. The van der Waals surface area contributed by atoms with Crippen LogP contribution in [0, 0.1) is 34.5 Å². The van der Waals surface area contributed by atoms with Gasteiger partial charge in [-0.3, -0.25) is 0 Å². The van der Waals surface area contributed by atoms with Gasteiger partial charge in [-0.2, -0.15) is 10.5 Å². The van der Waals surface area contributed by atoms with Gasteiger partial charge in [-0.25, -0.2) is 0 Å². The van der Waals surface area contributed by atoms with Crippen molar-refractivity contribution in [1.29, 1.82) is 10.5 Å². The number of hydrogen-bond donors (Lipinski definition) is 0. The van der Waals surface area contributed by atoms with Crippen LogP contribution in [0.5, 0.6) is 0 Å². The first-order valence-corrected chi connectivity index (χ1v) is 9.79. The SMILES string of the molecule is N#C[C@H]1[C@H](C#N)[C@@]2(c3ccccc3)CC[C@]1(c1ccccc1)c1ccccc12. The minimum atomic E-state index is -0.427. The van der Waals surface area contributed by atoms with Gasteiger partial charge < -0.3 is 0 Å². The molecular formula is C26H20N2. The lowest BCUT2D eigenvalue weighted by molar-refractivity contribution is 0.121. The highest BCUT2D eigenvalue weighted by Gasteiger charge is 2.64. The van der Waals surface area contributed by atoms with Crippen molar-refractivity contribution >= 4 is 0 Å². The molecule has 0 N–H and O–H groups in total. The van der Waals surface area contributed by atoms with E-state index in [1.54, 1.807) is 0 Å². The van der Waals surface area contributed by atoms with Crippen LogP contribution in [-0.4, -0.2) is 0 Å². The Balaban J connectivity index is 1.90. The van der Waals surface area contributed by atoms with Gasteiger partial charge in [0.25, 0.3) is 0 Å². The first kappa shape index (κ1) is 16.8. The van der Waals surface area contributed by atoms with Gasteiger partial charge >= 0.3 is 0 Å². The maximum atomic E-state index is 10.3. The van der Waals surface area contributed by atoms with Gasteiger partial charge in [-0.05, 0) is 35.1 Å². The molecule has 3 aromatic carbocycles. The number of rotatable bonds is 2. The summed E-state index contributed by atoms with van der Waals surface area (Å²) in [4.78, 5) is 0. The van der Waals surface area contributed by atoms with Crippen molar-refractivity contribution in [2.75, 3.05) is 0 Å². The molecule has 4 atom stereocenters. The molecule has 1 fully saturated rings. The third kappa shape index (κ3) is 1.90. The predicted octanol–water partition coefficient (Wildman–Crippen LogP) is 5.35.